The Morgan fingerprint density at radius 3 is 2.12 bits per heavy atom. The molecule has 0 saturated carbocycles. The maximum absolute atomic E-state index is 12.0. The van der Waals surface area contributed by atoms with Gasteiger partial charge in [-0.3, -0.25) is 4.79 Å². The standard InChI is InChI=1S/C14H19NO/c1-14(2,3)15-13(16)12-8-10-6-4-5-7-11(10)9-12/h4-7,12H,8-9H2,1-3H3,(H,15,16). The Morgan fingerprint density at radius 1 is 1.19 bits per heavy atom. The number of carbonyl (C=O) groups is 1. The van der Waals surface area contributed by atoms with Gasteiger partial charge in [0.05, 0.1) is 0 Å². The lowest BCUT2D eigenvalue weighted by Gasteiger charge is -2.22. The van der Waals surface area contributed by atoms with Crippen LogP contribution in [-0.2, 0) is 17.6 Å². The highest BCUT2D eigenvalue weighted by molar-refractivity contribution is 5.80. The summed E-state index contributed by atoms with van der Waals surface area (Å²) in [5, 5.41) is 3.06. The highest BCUT2D eigenvalue weighted by atomic mass is 16.2. The number of fused-ring (bicyclic) bond motifs is 1. The molecule has 1 amide bonds. The van der Waals surface area contributed by atoms with E-state index in [1.165, 1.54) is 11.1 Å². The molecule has 1 aliphatic rings. The molecular weight excluding hydrogens is 198 g/mol. The average Bonchev–Trinajstić information content (AvgIpc) is 2.58. The van der Waals surface area contributed by atoms with E-state index in [1.807, 2.05) is 32.9 Å². The summed E-state index contributed by atoms with van der Waals surface area (Å²) in [6.07, 6.45) is 1.77. The van der Waals surface area contributed by atoms with E-state index in [0.717, 1.165) is 12.8 Å². The molecule has 0 aliphatic heterocycles. The molecular formula is C14H19NO. The predicted octanol–water partition coefficient (Wildman–Crippen LogP) is 2.32. The maximum atomic E-state index is 12.0. The number of hydrogen-bond donors (Lipinski definition) is 1. The maximum Gasteiger partial charge on any atom is 0.224 e. The second-order valence-electron chi connectivity index (χ2n) is 5.61. The van der Waals surface area contributed by atoms with Crippen LogP contribution in [0.2, 0.25) is 0 Å². The smallest absolute Gasteiger partial charge is 0.224 e. The van der Waals surface area contributed by atoms with Crippen LogP contribution in [0.4, 0.5) is 0 Å². The summed E-state index contributed by atoms with van der Waals surface area (Å²) in [6.45, 7) is 6.06. The van der Waals surface area contributed by atoms with Crippen LogP contribution in [0.25, 0.3) is 0 Å². The summed E-state index contributed by atoms with van der Waals surface area (Å²) in [5.74, 6) is 0.306. The van der Waals surface area contributed by atoms with E-state index in [1.54, 1.807) is 0 Å². The quantitative estimate of drug-likeness (QED) is 0.768. The molecule has 1 aromatic rings. The van der Waals surface area contributed by atoms with Crippen molar-refractivity contribution in [2.24, 2.45) is 5.92 Å². The van der Waals surface area contributed by atoms with Crippen molar-refractivity contribution in [3.8, 4) is 0 Å². The Bertz CT molecular complexity index is 378. The lowest BCUT2D eigenvalue weighted by molar-refractivity contribution is -0.126. The van der Waals surface area contributed by atoms with Gasteiger partial charge in [0.1, 0.15) is 0 Å². The fraction of sp³-hybridized carbons (Fsp3) is 0.500. The van der Waals surface area contributed by atoms with Crippen LogP contribution < -0.4 is 5.32 Å². The Balaban J connectivity index is 2.04. The monoisotopic (exact) mass is 217 g/mol. The van der Waals surface area contributed by atoms with E-state index in [-0.39, 0.29) is 17.4 Å². The first-order valence-electron chi connectivity index (χ1n) is 5.84. The zero-order valence-electron chi connectivity index (χ0n) is 10.2. The minimum absolute atomic E-state index is 0.122. The fourth-order valence-corrected chi connectivity index (χ4v) is 2.22. The van der Waals surface area contributed by atoms with Crippen LogP contribution >= 0.6 is 0 Å². The average molecular weight is 217 g/mol. The molecule has 0 unspecified atom stereocenters. The van der Waals surface area contributed by atoms with Crippen LogP contribution in [-0.4, -0.2) is 11.4 Å². The molecule has 16 heavy (non-hydrogen) atoms. The van der Waals surface area contributed by atoms with E-state index in [4.69, 9.17) is 0 Å². The minimum atomic E-state index is -0.133. The van der Waals surface area contributed by atoms with Crippen molar-refractivity contribution in [3.05, 3.63) is 35.4 Å². The first-order chi connectivity index (χ1) is 7.46. The number of carbonyl (C=O) groups excluding carboxylic acids is 1. The van der Waals surface area contributed by atoms with E-state index in [9.17, 15) is 4.79 Å². The lowest BCUT2D eigenvalue weighted by Crippen LogP contribution is -2.44. The van der Waals surface area contributed by atoms with Crippen molar-refractivity contribution in [2.75, 3.05) is 0 Å². The molecule has 0 heterocycles. The third kappa shape index (κ3) is 2.43. The topological polar surface area (TPSA) is 29.1 Å². The van der Waals surface area contributed by atoms with Crippen LogP contribution in [0, 0.1) is 5.92 Å². The second-order valence-corrected chi connectivity index (χ2v) is 5.61. The molecule has 2 heteroatoms. The van der Waals surface area contributed by atoms with Crippen molar-refractivity contribution < 1.29 is 4.79 Å². The molecule has 1 aromatic carbocycles. The number of nitrogens with one attached hydrogen (secondary N) is 1. The minimum Gasteiger partial charge on any atom is -0.351 e. The molecule has 1 aliphatic carbocycles. The van der Waals surface area contributed by atoms with Crippen molar-refractivity contribution in [1.82, 2.24) is 5.32 Å². The van der Waals surface area contributed by atoms with E-state index in [0.29, 0.717) is 0 Å². The molecule has 1 N–H and O–H groups in total. The van der Waals surface area contributed by atoms with Gasteiger partial charge >= 0.3 is 0 Å². The Morgan fingerprint density at radius 2 is 1.69 bits per heavy atom. The summed E-state index contributed by atoms with van der Waals surface area (Å²) in [5.41, 5.74) is 2.53. The van der Waals surface area contributed by atoms with Gasteiger partial charge in [-0.05, 0) is 44.7 Å². The molecule has 0 spiro atoms. The van der Waals surface area contributed by atoms with E-state index < -0.39 is 0 Å². The van der Waals surface area contributed by atoms with Crippen molar-refractivity contribution in [2.45, 2.75) is 39.2 Å². The molecule has 0 atom stereocenters. The number of amides is 1. The molecule has 0 saturated heterocycles. The second kappa shape index (κ2) is 3.93. The van der Waals surface area contributed by atoms with Gasteiger partial charge in [0.25, 0.3) is 0 Å². The van der Waals surface area contributed by atoms with Gasteiger partial charge in [-0.15, -0.1) is 0 Å². The summed E-state index contributed by atoms with van der Waals surface area (Å²) < 4.78 is 0. The largest absolute Gasteiger partial charge is 0.351 e. The highest BCUT2D eigenvalue weighted by Gasteiger charge is 2.28. The Kier molecular flexibility index (Phi) is 2.75. The first kappa shape index (κ1) is 11.2. The van der Waals surface area contributed by atoms with Crippen molar-refractivity contribution in [1.29, 1.82) is 0 Å². The summed E-state index contributed by atoms with van der Waals surface area (Å²) in [6, 6.07) is 8.34. The number of rotatable bonds is 1. The van der Waals surface area contributed by atoms with E-state index in [2.05, 4.69) is 17.4 Å². The van der Waals surface area contributed by atoms with Gasteiger partial charge in [-0.25, -0.2) is 0 Å². The molecule has 0 bridgehead atoms. The summed E-state index contributed by atoms with van der Waals surface area (Å²) >= 11 is 0. The summed E-state index contributed by atoms with van der Waals surface area (Å²) in [7, 11) is 0. The zero-order valence-corrected chi connectivity index (χ0v) is 10.2. The molecule has 86 valence electrons. The third-order valence-corrected chi connectivity index (χ3v) is 2.92. The van der Waals surface area contributed by atoms with E-state index >= 15 is 0 Å². The van der Waals surface area contributed by atoms with Gasteiger partial charge in [-0.2, -0.15) is 0 Å². The van der Waals surface area contributed by atoms with Gasteiger partial charge < -0.3 is 5.32 Å². The molecule has 2 rings (SSSR count). The van der Waals surface area contributed by atoms with Gasteiger partial charge in [-0.1, -0.05) is 24.3 Å². The molecule has 0 radical (unpaired) electrons. The Labute approximate surface area is 97.1 Å². The Hall–Kier alpha value is -1.31. The van der Waals surface area contributed by atoms with Crippen LogP contribution in [0.5, 0.6) is 0 Å². The third-order valence-electron chi connectivity index (χ3n) is 2.92. The van der Waals surface area contributed by atoms with Crippen LogP contribution in [0.15, 0.2) is 24.3 Å². The van der Waals surface area contributed by atoms with Crippen molar-refractivity contribution in [3.63, 3.8) is 0 Å². The lowest BCUT2D eigenvalue weighted by atomic mass is 10.0. The van der Waals surface area contributed by atoms with Crippen molar-refractivity contribution >= 4 is 5.91 Å². The number of hydrogen-bond acceptors (Lipinski definition) is 1. The van der Waals surface area contributed by atoms with Gasteiger partial charge in [0.15, 0.2) is 0 Å². The van der Waals surface area contributed by atoms with Gasteiger partial charge in [0, 0.05) is 11.5 Å². The SMILES string of the molecule is CC(C)(C)NC(=O)C1Cc2ccccc2C1. The number of benzene rings is 1. The molecule has 0 fully saturated rings. The normalized spacial score (nSPS) is 15.9. The fourth-order valence-electron chi connectivity index (χ4n) is 2.22. The van der Waals surface area contributed by atoms with Crippen LogP contribution in [0.1, 0.15) is 31.9 Å². The van der Waals surface area contributed by atoms with Gasteiger partial charge in [0.2, 0.25) is 5.91 Å². The molecule has 0 aromatic heterocycles. The first-order valence-corrected chi connectivity index (χ1v) is 5.84. The summed E-state index contributed by atoms with van der Waals surface area (Å²) in [4.78, 5) is 12.0. The van der Waals surface area contributed by atoms with Crippen LogP contribution in [0.3, 0.4) is 0 Å². The highest BCUT2D eigenvalue weighted by Crippen LogP contribution is 2.26. The predicted molar refractivity (Wildman–Crippen MR) is 65.2 cm³/mol. The molecule has 2 nitrogen and oxygen atoms in total. The zero-order chi connectivity index (χ0) is 11.8.